The number of nitrogens with zero attached hydrogens (tertiary/aromatic N) is 3. The number of carbonyl (C=O) groups excluding carboxylic acids is 2. The Bertz CT molecular complexity index is 1030. The summed E-state index contributed by atoms with van der Waals surface area (Å²) in [4.78, 5) is 31.5. The largest absolute Gasteiger partial charge is 0.343 e. The number of benzene rings is 2. The van der Waals surface area contributed by atoms with Gasteiger partial charge in [0, 0.05) is 52.1 Å². The van der Waals surface area contributed by atoms with Gasteiger partial charge in [-0.3, -0.25) is 14.5 Å². The molecule has 4 rings (SSSR count). The molecule has 0 unspecified atom stereocenters. The molecule has 2 heterocycles. The van der Waals surface area contributed by atoms with Crippen LogP contribution in [0.25, 0.3) is 0 Å². The van der Waals surface area contributed by atoms with Gasteiger partial charge in [0.25, 0.3) is 0 Å². The number of piperidine rings is 1. The fraction of sp³-hybridized carbons (Fsp3) is 0.533. The molecule has 5 nitrogen and oxygen atoms in total. The number of amides is 2. The first kappa shape index (κ1) is 27.2. The summed E-state index contributed by atoms with van der Waals surface area (Å²) in [5.74, 6) is -0.00287. The van der Waals surface area contributed by atoms with Crippen LogP contribution in [-0.4, -0.2) is 65.3 Å². The minimum Gasteiger partial charge on any atom is -0.343 e. The average Bonchev–Trinajstić information content (AvgIpc) is 2.86. The van der Waals surface area contributed by atoms with Gasteiger partial charge in [-0.15, -0.1) is 0 Å². The molecule has 0 saturated carbocycles. The van der Waals surface area contributed by atoms with Gasteiger partial charge in [-0.2, -0.15) is 0 Å². The van der Waals surface area contributed by atoms with Gasteiger partial charge in [0.2, 0.25) is 11.8 Å². The molecule has 2 aliphatic rings. The van der Waals surface area contributed by atoms with Gasteiger partial charge in [-0.05, 0) is 59.6 Å². The zero-order valence-corrected chi connectivity index (χ0v) is 22.4. The van der Waals surface area contributed by atoms with Gasteiger partial charge in [0.1, 0.15) is 11.6 Å². The summed E-state index contributed by atoms with van der Waals surface area (Å²) in [7, 11) is 0. The van der Waals surface area contributed by atoms with Gasteiger partial charge in [-0.25, -0.2) is 8.78 Å². The van der Waals surface area contributed by atoms with Gasteiger partial charge >= 0.3 is 0 Å². The molecule has 0 spiro atoms. The summed E-state index contributed by atoms with van der Waals surface area (Å²) in [5.41, 5.74) is 1.73. The van der Waals surface area contributed by atoms with Gasteiger partial charge in [-0.1, -0.05) is 45.0 Å². The van der Waals surface area contributed by atoms with Crippen LogP contribution >= 0.6 is 0 Å². The Kier molecular flexibility index (Phi) is 8.32. The van der Waals surface area contributed by atoms with Crippen molar-refractivity contribution in [2.45, 2.75) is 59.0 Å². The maximum Gasteiger partial charge on any atom is 0.223 e. The summed E-state index contributed by atoms with van der Waals surface area (Å²) in [6.07, 6.45) is 2.24. The molecule has 37 heavy (non-hydrogen) atoms. The molecule has 1 atom stereocenters. The van der Waals surface area contributed by atoms with E-state index in [9.17, 15) is 18.4 Å². The highest BCUT2D eigenvalue weighted by atomic mass is 19.1. The predicted molar refractivity (Wildman–Crippen MR) is 141 cm³/mol. The van der Waals surface area contributed by atoms with Crippen molar-refractivity contribution >= 4 is 11.8 Å². The fourth-order valence-corrected chi connectivity index (χ4v) is 5.80. The first-order chi connectivity index (χ1) is 17.5. The molecule has 2 aliphatic heterocycles. The Balaban J connectivity index is 1.53. The topological polar surface area (TPSA) is 43.9 Å². The van der Waals surface area contributed by atoms with Crippen LogP contribution in [0.15, 0.2) is 48.5 Å². The van der Waals surface area contributed by atoms with Crippen molar-refractivity contribution in [3.05, 3.63) is 71.3 Å². The molecule has 0 bridgehead atoms. The number of rotatable bonds is 5. The molecule has 2 amide bonds. The maximum atomic E-state index is 13.7. The molecule has 2 fully saturated rings. The second kappa shape index (κ2) is 11.3. The monoisotopic (exact) mass is 511 g/mol. The van der Waals surface area contributed by atoms with Crippen molar-refractivity contribution in [3.8, 4) is 0 Å². The Morgan fingerprint density at radius 3 is 1.84 bits per heavy atom. The van der Waals surface area contributed by atoms with Crippen LogP contribution in [-0.2, 0) is 9.59 Å². The Labute approximate surface area is 219 Å². The van der Waals surface area contributed by atoms with Crippen LogP contribution in [0.1, 0.15) is 64.1 Å². The lowest BCUT2D eigenvalue weighted by atomic mass is 9.82. The standard InChI is InChI=1S/C30H39F2N3O2/c1-21(36)33-15-13-22(14-16-33)19-28(37)35-18-17-34(20-27(35)30(2,3)4)29(23-5-9-25(31)10-6-23)24-7-11-26(32)12-8-24/h5-12,22,27,29H,13-20H2,1-4H3/t27-/m1/s1. The molecule has 2 aromatic carbocycles. The van der Waals surface area contributed by atoms with Crippen molar-refractivity contribution in [2.24, 2.45) is 11.3 Å². The highest BCUT2D eigenvalue weighted by Gasteiger charge is 2.40. The second-order valence-corrected chi connectivity index (χ2v) is 11.6. The summed E-state index contributed by atoms with van der Waals surface area (Å²) >= 11 is 0. The number of likely N-dealkylation sites (tertiary alicyclic amines) is 1. The summed E-state index contributed by atoms with van der Waals surface area (Å²) in [5, 5.41) is 0. The van der Waals surface area contributed by atoms with Crippen LogP contribution in [0.5, 0.6) is 0 Å². The summed E-state index contributed by atoms with van der Waals surface area (Å²) in [6.45, 7) is 11.5. The third-order valence-corrected chi connectivity index (χ3v) is 7.99. The highest BCUT2D eigenvalue weighted by molar-refractivity contribution is 5.77. The van der Waals surface area contributed by atoms with E-state index in [0.29, 0.717) is 32.0 Å². The molecule has 0 aliphatic carbocycles. The lowest BCUT2D eigenvalue weighted by Crippen LogP contribution is -2.60. The van der Waals surface area contributed by atoms with E-state index in [2.05, 4.69) is 30.6 Å². The quantitative estimate of drug-likeness (QED) is 0.550. The van der Waals surface area contributed by atoms with Crippen LogP contribution in [0.3, 0.4) is 0 Å². The van der Waals surface area contributed by atoms with Gasteiger partial charge in [0.05, 0.1) is 6.04 Å². The van der Waals surface area contributed by atoms with E-state index in [1.54, 1.807) is 31.2 Å². The molecule has 2 aromatic rings. The number of hydrogen-bond donors (Lipinski definition) is 0. The first-order valence-corrected chi connectivity index (χ1v) is 13.3. The zero-order valence-electron chi connectivity index (χ0n) is 22.4. The molecular weight excluding hydrogens is 472 g/mol. The van der Waals surface area contributed by atoms with E-state index in [0.717, 1.165) is 37.1 Å². The molecular formula is C30H39F2N3O2. The Morgan fingerprint density at radius 1 is 0.865 bits per heavy atom. The van der Waals surface area contributed by atoms with E-state index in [4.69, 9.17) is 0 Å². The SMILES string of the molecule is CC(=O)N1CCC(CC(=O)N2CCN(C(c3ccc(F)cc3)c3ccc(F)cc3)C[C@@H]2C(C)(C)C)CC1. The number of carbonyl (C=O) groups is 2. The van der Waals surface area contributed by atoms with Gasteiger partial charge < -0.3 is 9.80 Å². The highest BCUT2D eigenvalue weighted by Crippen LogP contribution is 2.36. The Morgan fingerprint density at radius 2 is 1.38 bits per heavy atom. The van der Waals surface area contributed by atoms with E-state index >= 15 is 0 Å². The minimum atomic E-state index is -0.293. The van der Waals surface area contributed by atoms with Crippen LogP contribution in [0.2, 0.25) is 0 Å². The predicted octanol–water partition coefficient (Wildman–Crippen LogP) is 5.26. The van der Waals surface area contributed by atoms with Crippen molar-refractivity contribution in [3.63, 3.8) is 0 Å². The van der Waals surface area contributed by atoms with Crippen molar-refractivity contribution in [1.82, 2.24) is 14.7 Å². The summed E-state index contributed by atoms with van der Waals surface area (Å²) < 4.78 is 27.5. The van der Waals surface area contributed by atoms with Crippen LogP contribution < -0.4 is 0 Å². The van der Waals surface area contributed by atoms with Crippen molar-refractivity contribution in [2.75, 3.05) is 32.7 Å². The maximum absolute atomic E-state index is 13.7. The first-order valence-electron chi connectivity index (χ1n) is 13.3. The molecule has 200 valence electrons. The van der Waals surface area contributed by atoms with Crippen LogP contribution in [0.4, 0.5) is 8.78 Å². The lowest BCUT2D eigenvalue weighted by molar-refractivity contribution is -0.141. The molecule has 7 heteroatoms. The Hall–Kier alpha value is -2.80. The zero-order chi connectivity index (χ0) is 26.7. The van der Waals surface area contributed by atoms with Crippen molar-refractivity contribution < 1.29 is 18.4 Å². The van der Waals surface area contributed by atoms with E-state index in [1.807, 2.05) is 4.90 Å². The van der Waals surface area contributed by atoms with Crippen LogP contribution in [0, 0.1) is 23.0 Å². The van der Waals surface area contributed by atoms with E-state index in [1.165, 1.54) is 24.3 Å². The van der Waals surface area contributed by atoms with E-state index in [-0.39, 0.29) is 40.9 Å². The minimum absolute atomic E-state index is 0.00513. The molecule has 0 aromatic heterocycles. The number of halogens is 2. The third kappa shape index (κ3) is 6.56. The number of piperazine rings is 1. The average molecular weight is 512 g/mol. The lowest BCUT2D eigenvalue weighted by Gasteiger charge is -2.50. The summed E-state index contributed by atoms with van der Waals surface area (Å²) in [6, 6.07) is 12.8. The normalized spacial score (nSPS) is 19.9. The number of hydrogen-bond acceptors (Lipinski definition) is 3. The molecule has 0 radical (unpaired) electrons. The van der Waals surface area contributed by atoms with E-state index < -0.39 is 0 Å². The smallest absolute Gasteiger partial charge is 0.223 e. The van der Waals surface area contributed by atoms with Crippen molar-refractivity contribution in [1.29, 1.82) is 0 Å². The molecule has 0 N–H and O–H groups in total. The molecule has 2 saturated heterocycles. The second-order valence-electron chi connectivity index (χ2n) is 11.6. The van der Waals surface area contributed by atoms with Gasteiger partial charge in [0.15, 0.2) is 0 Å². The fourth-order valence-electron chi connectivity index (χ4n) is 5.80. The third-order valence-electron chi connectivity index (χ3n) is 7.99.